The second-order valence-corrected chi connectivity index (χ2v) is 6.83. The SMILES string of the molecule is CCNC(=NCCc1nc(C)no1)NC(C)c1nc(C)c(C(=O)OCC)s1. The first-order chi connectivity index (χ1) is 12.9. The van der Waals surface area contributed by atoms with E-state index in [-0.39, 0.29) is 12.0 Å². The molecule has 0 saturated heterocycles. The Labute approximate surface area is 162 Å². The van der Waals surface area contributed by atoms with E-state index in [1.807, 2.05) is 20.8 Å². The van der Waals surface area contributed by atoms with Crippen LogP contribution in [0.1, 0.15) is 58.9 Å². The minimum Gasteiger partial charge on any atom is -0.462 e. The van der Waals surface area contributed by atoms with E-state index in [4.69, 9.17) is 9.26 Å². The Hall–Kier alpha value is -2.49. The van der Waals surface area contributed by atoms with E-state index in [1.54, 1.807) is 13.8 Å². The highest BCUT2D eigenvalue weighted by atomic mass is 32.1. The Balaban J connectivity index is 2.01. The molecule has 1 atom stereocenters. The summed E-state index contributed by atoms with van der Waals surface area (Å²) in [7, 11) is 0. The third-order valence-corrected chi connectivity index (χ3v) is 4.83. The Kier molecular flexibility index (Phi) is 7.71. The summed E-state index contributed by atoms with van der Waals surface area (Å²) in [6.07, 6.45) is 0.565. The van der Waals surface area contributed by atoms with Gasteiger partial charge in [0, 0.05) is 13.0 Å². The van der Waals surface area contributed by atoms with Crippen molar-refractivity contribution in [3.63, 3.8) is 0 Å². The van der Waals surface area contributed by atoms with Crippen molar-refractivity contribution in [1.82, 2.24) is 25.8 Å². The fourth-order valence-electron chi connectivity index (χ4n) is 2.28. The largest absolute Gasteiger partial charge is 0.462 e. The van der Waals surface area contributed by atoms with Crippen molar-refractivity contribution < 1.29 is 14.1 Å². The van der Waals surface area contributed by atoms with Gasteiger partial charge in [-0.2, -0.15) is 4.98 Å². The second-order valence-electron chi connectivity index (χ2n) is 5.80. The molecular formula is C17H26N6O3S. The first-order valence-corrected chi connectivity index (χ1v) is 9.74. The highest BCUT2D eigenvalue weighted by Crippen LogP contribution is 2.24. The molecule has 0 spiro atoms. The first kappa shape index (κ1) is 20.8. The number of rotatable bonds is 8. The number of nitrogens with zero attached hydrogens (tertiary/aromatic N) is 4. The number of thiazole rings is 1. The van der Waals surface area contributed by atoms with Gasteiger partial charge in [-0.05, 0) is 34.6 Å². The lowest BCUT2D eigenvalue weighted by Gasteiger charge is -2.15. The summed E-state index contributed by atoms with van der Waals surface area (Å²) in [5.74, 6) is 1.51. The molecule has 9 nitrogen and oxygen atoms in total. The molecule has 0 aliphatic heterocycles. The van der Waals surface area contributed by atoms with Gasteiger partial charge in [0.2, 0.25) is 5.89 Å². The number of aliphatic imine (C=N–C) groups is 1. The van der Waals surface area contributed by atoms with Crippen LogP contribution in [0.2, 0.25) is 0 Å². The maximum absolute atomic E-state index is 12.0. The summed E-state index contributed by atoms with van der Waals surface area (Å²) in [6, 6.07) is -0.111. The van der Waals surface area contributed by atoms with E-state index in [2.05, 4.69) is 30.8 Å². The first-order valence-electron chi connectivity index (χ1n) is 8.93. The summed E-state index contributed by atoms with van der Waals surface area (Å²) >= 11 is 1.34. The van der Waals surface area contributed by atoms with Crippen LogP contribution in [-0.4, -0.2) is 46.7 Å². The summed E-state index contributed by atoms with van der Waals surface area (Å²) in [4.78, 5) is 25.7. The molecule has 1 unspecified atom stereocenters. The van der Waals surface area contributed by atoms with E-state index in [9.17, 15) is 4.79 Å². The van der Waals surface area contributed by atoms with Gasteiger partial charge in [-0.15, -0.1) is 11.3 Å². The summed E-state index contributed by atoms with van der Waals surface area (Å²) < 4.78 is 10.2. The normalized spacial score (nSPS) is 12.7. The average Bonchev–Trinajstić information content (AvgIpc) is 3.21. The number of carbonyl (C=O) groups is 1. The minimum atomic E-state index is -0.332. The third kappa shape index (κ3) is 6.02. The number of aryl methyl sites for hydroxylation is 2. The molecule has 2 rings (SSSR count). The molecular weight excluding hydrogens is 368 g/mol. The number of carbonyl (C=O) groups excluding carboxylic acids is 1. The molecule has 27 heavy (non-hydrogen) atoms. The van der Waals surface area contributed by atoms with Crippen molar-refractivity contribution in [2.45, 2.75) is 47.1 Å². The second kappa shape index (κ2) is 10.0. The van der Waals surface area contributed by atoms with E-state index < -0.39 is 0 Å². The van der Waals surface area contributed by atoms with E-state index in [1.165, 1.54) is 11.3 Å². The predicted molar refractivity (Wildman–Crippen MR) is 103 cm³/mol. The number of guanidine groups is 1. The number of aromatic nitrogens is 3. The van der Waals surface area contributed by atoms with Gasteiger partial charge in [-0.25, -0.2) is 9.78 Å². The van der Waals surface area contributed by atoms with Crippen LogP contribution in [-0.2, 0) is 11.2 Å². The van der Waals surface area contributed by atoms with Crippen LogP contribution >= 0.6 is 11.3 Å². The van der Waals surface area contributed by atoms with Gasteiger partial charge in [0.05, 0.1) is 24.9 Å². The maximum Gasteiger partial charge on any atom is 0.350 e. The molecule has 0 aliphatic rings. The summed E-state index contributed by atoms with van der Waals surface area (Å²) in [5, 5.41) is 11.1. The lowest BCUT2D eigenvalue weighted by molar-refractivity contribution is 0.0531. The molecule has 2 heterocycles. The molecule has 2 N–H and O–H groups in total. The quantitative estimate of drug-likeness (QED) is 0.398. The Morgan fingerprint density at radius 1 is 1.33 bits per heavy atom. The van der Waals surface area contributed by atoms with Crippen LogP contribution in [0, 0.1) is 13.8 Å². The smallest absolute Gasteiger partial charge is 0.350 e. The fraction of sp³-hybridized carbons (Fsp3) is 0.588. The summed E-state index contributed by atoms with van der Waals surface area (Å²) in [5.41, 5.74) is 0.677. The average molecular weight is 395 g/mol. The van der Waals surface area contributed by atoms with Crippen LogP contribution in [0.5, 0.6) is 0 Å². The zero-order chi connectivity index (χ0) is 19.8. The Bertz CT molecular complexity index is 785. The van der Waals surface area contributed by atoms with E-state index in [0.717, 1.165) is 11.6 Å². The topological polar surface area (TPSA) is 115 Å². The third-order valence-electron chi connectivity index (χ3n) is 3.51. The highest BCUT2D eigenvalue weighted by Gasteiger charge is 2.20. The minimum absolute atomic E-state index is 0.111. The fourth-order valence-corrected chi connectivity index (χ4v) is 3.24. The predicted octanol–water partition coefficient (Wildman–Crippen LogP) is 2.18. The molecule has 0 bridgehead atoms. The number of hydrogen-bond acceptors (Lipinski definition) is 8. The van der Waals surface area contributed by atoms with Gasteiger partial charge in [0.1, 0.15) is 9.88 Å². The van der Waals surface area contributed by atoms with Crippen LogP contribution in [0.25, 0.3) is 0 Å². The number of ether oxygens (including phenoxy) is 1. The van der Waals surface area contributed by atoms with E-state index >= 15 is 0 Å². The van der Waals surface area contributed by atoms with Gasteiger partial charge in [-0.3, -0.25) is 4.99 Å². The standard InChI is InChI=1S/C17H26N6O3S/c1-6-18-17(19-9-8-13-22-12(5)23-26-13)21-11(4)15-20-10(3)14(27-15)16(24)25-7-2/h11H,6-9H2,1-5H3,(H2,18,19,21). The van der Waals surface area contributed by atoms with Gasteiger partial charge in [0.25, 0.3) is 0 Å². The Morgan fingerprint density at radius 2 is 2.11 bits per heavy atom. The van der Waals surface area contributed by atoms with Gasteiger partial charge in [-0.1, -0.05) is 5.16 Å². The lowest BCUT2D eigenvalue weighted by atomic mass is 10.3. The molecule has 2 aromatic heterocycles. The highest BCUT2D eigenvalue weighted by molar-refractivity contribution is 7.13. The molecule has 0 fully saturated rings. The Morgan fingerprint density at radius 3 is 2.74 bits per heavy atom. The number of esters is 1. The van der Waals surface area contributed by atoms with Crippen LogP contribution in [0.15, 0.2) is 9.52 Å². The van der Waals surface area contributed by atoms with Gasteiger partial charge >= 0.3 is 5.97 Å². The zero-order valence-electron chi connectivity index (χ0n) is 16.3. The lowest BCUT2D eigenvalue weighted by Crippen LogP contribution is -2.38. The van der Waals surface area contributed by atoms with Crippen molar-refractivity contribution in [3.05, 3.63) is 27.3 Å². The molecule has 10 heteroatoms. The molecule has 148 valence electrons. The monoisotopic (exact) mass is 394 g/mol. The van der Waals surface area contributed by atoms with Crippen molar-refractivity contribution >= 4 is 23.3 Å². The van der Waals surface area contributed by atoms with Crippen molar-refractivity contribution in [3.8, 4) is 0 Å². The molecule has 0 saturated carbocycles. The van der Waals surface area contributed by atoms with Crippen LogP contribution in [0.3, 0.4) is 0 Å². The van der Waals surface area contributed by atoms with E-state index in [0.29, 0.717) is 47.8 Å². The van der Waals surface area contributed by atoms with Crippen molar-refractivity contribution in [2.75, 3.05) is 19.7 Å². The molecule has 0 radical (unpaired) electrons. The van der Waals surface area contributed by atoms with Gasteiger partial charge < -0.3 is 19.9 Å². The summed E-state index contributed by atoms with van der Waals surface area (Å²) in [6.45, 7) is 10.9. The van der Waals surface area contributed by atoms with Crippen molar-refractivity contribution in [1.29, 1.82) is 0 Å². The molecule has 0 aliphatic carbocycles. The number of nitrogens with one attached hydrogen (secondary N) is 2. The zero-order valence-corrected chi connectivity index (χ0v) is 17.1. The molecule has 0 amide bonds. The van der Waals surface area contributed by atoms with Gasteiger partial charge in [0.15, 0.2) is 11.8 Å². The van der Waals surface area contributed by atoms with Crippen molar-refractivity contribution in [2.24, 2.45) is 4.99 Å². The van der Waals surface area contributed by atoms with Crippen LogP contribution < -0.4 is 10.6 Å². The van der Waals surface area contributed by atoms with Crippen LogP contribution in [0.4, 0.5) is 0 Å². The molecule has 2 aromatic rings. The molecule has 0 aromatic carbocycles. The number of hydrogen-bond donors (Lipinski definition) is 2. The maximum atomic E-state index is 12.0.